The molecule has 0 amide bonds. The van der Waals surface area contributed by atoms with Crippen molar-refractivity contribution in [3.63, 3.8) is 0 Å². The fourth-order valence-corrected chi connectivity index (χ4v) is 3.44. The lowest BCUT2D eigenvalue weighted by molar-refractivity contribution is 0.735. The highest BCUT2D eigenvalue weighted by Gasteiger charge is 2.08. The smallest absolute Gasteiger partial charge is 0.191 e. The van der Waals surface area contributed by atoms with E-state index < -0.39 is 0 Å². The molecule has 0 saturated heterocycles. The van der Waals surface area contributed by atoms with Crippen molar-refractivity contribution in [3.05, 3.63) is 38.0 Å². The zero-order valence-electron chi connectivity index (χ0n) is 14.2. The van der Waals surface area contributed by atoms with Gasteiger partial charge in [0.1, 0.15) is 5.15 Å². The molecule has 2 aromatic rings. The SMILES string of the molecule is CCNC(=NCc1cc(Cl)c(Cl)n1C)NCCCc1nc(C)cs1. The molecular formula is C16H23Cl2N5S. The van der Waals surface area contributed by atoms with Gasteiger partial charge in [0, 0.05) is 43.3 Å². The van der Waals surface area contributed by atoms with Crippen molar-refractivity contribution in [2.24, 2.45) is 12.0 Å². The average molecular weight is 388 g/mol. The van der Waals surface area contributed by atoms with Crippen LogP contribution in [0, 0.1) is 6.92 Å². The van der Waals surface area contributed by atoms with E-state index >= 15 is 0 Å². The second-order valence-corrected chi connectivity index (χ2v) is 7.15. The van der Waals surface area contributed by atoms with Gasteiger partial charge in [-0.25, -0.2) is 9.98 Å². The summed E-state index contributed by atoms with van der Waals surface area (Å²) < 4.78 is 1.85. The zero-order valence-corrected chi connectivity index (χ0v) is 16.5. The van der Waals surface area contributed by atoms with Crippen molar-refractivity contribution in [2.75, 3.05) is 13.1 Å². The van der Waals surface area contributed by atoms with Crippen molar-refractivity contribution in [1.29, 1.82) is 0 Å². The predicted molar refractivity (Wildman–Crippen MR) is 103 cm³/mol. The van der Waals surface area contributed by atoms with E-state index in [1.54, 1.807) is 11.3 Å². The fourth-order valence-electron chi connectivity index (χ4n) is 2.21. The molecule has 0 saturated carbocycles. The maximum atomic E-state index is 6.08. The van der Waals surface area contributed by atoms with Gasteiger partial charge >= 0.3 is 0 Å². The van der Waals surface area contributed by atoms with E-state index in [9.17, 15) is 0 Å². The molecule has 2 heterocycles. The molecule has 0 aliphatic rings. The lowest BCUT2D eigenvalue weighted by atomic mass is 10.3. The Kier molecular flexibility index (Phi) is 7.40. The minimum atomic E-state index is 0.518. The summed E-state index contributed by atoms with van der Waals surface area (Å²) in [5, 5.41) is 11.0. The van der Waals surface area contributed by atoms with Crippen LogP contribution in [0.4, 0.5) is 0 Å². The lowest BCUT2D eigenvalue weighted by Crippen LogP contribution is -2.37. The maximum absolute atomic E-state index is 6.08. The number of nitrogens with one attached hydrogen (secondary N) is 2. The number of rotatable bonds is 7. The Morgan fingerprint density at radius 3 is 2.75 bits per heavy atom. The first-order valence-corrected chi connectivity index (χ1v) is 9.57. The first kappa shape index (κ1) is 19.1. The van der Waals surface area contributed by atoms with Crippen molar-refractivity contribution in [2.45, 2.75) is 33.2 Å². The highest BCUT2D eigenvalue weighted by atomic mass is 35.5. The summed E-state index contributed by atoms with van der Waals surface area (Å²) in [6.45, 7) is 6.25. The van der Waals surface area contributed by atoms with Gasteiger partial charge in [0.05, 0.1) is 16.6 Å². The van der Waals surface area contributed by atoms with Gasteiger partial charge in [0.25, 0.3) is 0 Å². The van der Waals surface area contributed by atoms with Crippen LogP contribution in [0.25, 0.3) is 0 Å². The van der Waals surface area contributed by atoms with Crippen LogP contribution < -0.4 is 10.6 Å². The van der Waals surface area contributed by atoms with Crippen LogP contribution in [0.1, 0.15) is 29.7 Å². The molecular weight excluding hydrogens is 365 g/mol. The molecule has 0 unspecified atom stereocenters. The average Bonchev–Trinajstić information content (AvgIpc) is 3.08. The van der Waals surface area contributed by atoms with Crippen molar-refractivity contribution in [1.82, 2.24) is 20.2 Å². The van der Waals surface area contributed by atoms with Gasteiger partial charge in [0.2, 0.25) is 0 Å². The Hall–Kier alpha value is -1.24. The molecule has 0 aromatic carbocycles. The summed E-state index contributed by atoms with van der Waals surface area (Å²) in [7, 11) is 1.88. The number of nitrogens with zero attached hydrogens (tertiary/aromatic N) is 3. The monoisotopic (exact) mass is 387 g/mol. The first-order chi connectivity index (χ1) is 11.5. The summed E-state index contributed by atoms with van der Waals surface area (Å²) in [6.07, 6.45) is 1.99. The standard InChI is InChI=1S/C16H23Cl2N5S/c1-4-19-16(20-7-5-6-14-22-11(2)10-24-14)21-9-12-8-13(17)15(18)23(12)3/h8,10H,4-7,9H2,1-3H3,(H2,19,20,21). The third kappa shape index (κ3) is 5.40. The van der Waals surface area contributed by atoms with Crippen molar-refractivity contribution < 1.29 is 0 Å². The topological polar surface area (TPSA) is 54.2 Å². The Morgan fingerprint density at radius 1 is 1.38 bits per heavy atom. The Labute approximate surface area is 157 Å². The number of thiazole rings is 1. The summed E-state index contributed by atoms with van der Waals surface area (Å²) >= 11 is 13.8. The van der Waals surface area contributed by atoms with Gasteiger partial charge in [-0.3, -0.25) is 0 Å². The normalized spacial score (nSPS) is 11.8. The zero-order chi connectivity index (χ0) is 17.5. The van der Waals surface area contributed by atoms with Crippen LogP contribution in [0.5, 0.6) is 0 Å². The van der Waals surface area contributed by atoms with E-state index in [2.05, 4.69) is 26.0 Å². The van der Waals surface area contributed by atoms with Crippen LogP contribution in [0.3, 0.4) is 0 Å². The number of hydrogen-bond donors (Lipinski definition) is 2. The number of halogens is 2. The minimum Gasteiger partial charge on any atom is -0.357 e. The Morgan fingerprint density at radius 2 is 2.17 bits per heavy atom. The van der Waals surface area contributed by atoms with Crippen LogP contribution in [-0.4, -0.2) is 28.6 Å². The van der Waals surface area contributed by atoms with Gasteiger partial charge in [-0.15, -0.1) is 11.3 Å². The van der Waals surface area contributed by atoms with Gasteiger partial charge < -0.3 is 15.2 Å². The molecule has 2 aromatic heterocycles. The first-order valence-electron chi connectivity index (χ1n) is 7.94. The molecule has 2 N–H and O–H groups in total. The molecule has 2 rings (SSSR count). The number of aliphatic imine (C=N–C) groups is 1. The highest BCUT2D eigenvalue weighted by molar-refractivity contribution is 7.09. The van der Waals surface area contributed by atoms with Gasteiger partial charge in [-0.05, 0) is 26.3 Å². The van der Waals surface area contributed by atoms with Crippen molar-refractivity contribution in [3.8, 4) is 0 Å². The second-order valence-electron chi connectivity index (χ2n) is 5.44. The van der Waals surface area contributed by atoms with Gasteiger partial charge in [0.15, 0.2) is 5.96 Å². The van der Waals surface area contributed by atoms with Crippen LogP contribution in [0.15, 0.2) is 16.4 Å². The molecule has 0 atom stereocenters. The maximum Gasteiger partial charge on any atom is 0.191 e. The summed E-state index contributed by atoms with van der Waals surface area (Å²) in [6, 6.07) is 1.85. The van der Waals surface area contributed by atoms with Crippen LogP contribution >= 0.6 is 34.5 Å². The molecule has 5 nitrogen and oxygen atoms in total. The second kappa shape index (κ2) is 9.30. The molecule has 132 valence electrons. The van der Waals surface area contributed by atoms with E-state index in [1.165, 1.54) is 5.01 Å². The highest BCUT2D eigenvalue weighted by Crippen LogP contribution is 2.25. The van der Waals surface area contributed by atoms with E-state index in [0.29, 0.717) is 16.7 Å². The molecule has 0 radical (unpaired) electrons. The van der Waals surface area contributed by atoms with Crippen LogP contribution in [0.2, 0.25) is 10.2 Å². The third-order valence-electron chi connectivity index (χ3n) is 3.49. The van der Waals surface area contributed by atoms with Crippen molar-refractivity contribution >= 4 is 40.5 Å². The molecule has 0 bridgehead atoms. The molecule has 8 heteroatoms. The predicted octanol–water partition coefficient (Wildman–Crippen LogP) is 3.78. The minimum absolute atomic E-state index is 0.518. The van der Waals surface area contributed by atoms with E-state index in [0.717, 1.165) is 43.3 Å². The summed E-state index contributed by atoms with van der Waals surface area (Å²) in [5.41, 5.74) is 2.07. The molecule has 0 aliphatic carbocycles. The Bertz CT molecular complexity index is 693. The number of hydrogen-bond acceptors (Lipinski definition) is 3. The largest absolute Gasteiger partial charge is 0.357 e. The number of aromatic nitrogens is 2. The lowest BCUT2D eigenvalue weighted by Gasteiger charge is -2.11. The number of aryl methyl sites for hydroxylation is 2. The summed E-state index contributed by atoms with van der Waals surface area (Å²) in [4.78, 5) is 9.07. The van der Waals surface area contributed by atoms with E-state index in [1.807, 2.05) is 31.5 Å². The summed E-state index contributed by atoms with van der Waals surface area (Å²) in [5.74, 6) is 0.793. The molecule has 0 aliphatic heterocycles. The van der Waals surface area contributed by atoms with E-state index in [4.69, 9.17) is 23.2 Å². The fraction of sp³-hybridized carbons (Fsp3) is 0.500. The quantitative estimate of drug-likeness (QED) is 0.431. The van der Waals surface area contributed by atoms with Crippen LogP contribution in [-0.2, 0) is 20.0 Å². The number of guanidine groups is 1. The Balaban J connectivity index is 1.84. The van der Waals surface area contributed by atoms with E-state index in [-0.39, 0.29) is 0 Å². The van der Waals surface area contributed by atoms with Gasteiger partial charge in [-0.1, -0.05) is 23.2 Å². The molecule has 24 heavy (non-hydrogen) atoms. The molecule has 0 fully saturated rings. The molecule has 0 spiro atoms. The third-order valence-corrected chi connectivity index (χ3v) is 5.35. The van der Waals surface area contributed by atoms with Gasteiger partial charge in [-0.2, -0.15) is 0 Å².